The molecular formula is C43H33N. The molecular weight excluding hydrogens is 530 g/mol. The summed E-state index contributed by atoms with van der Waals surface area (Å²) in [7, 11) is 0. The maximum Gasteiger partial charge on any atom is 0.0497 e. The summed E-state index contributed by atoms with van der Waals surface area (Å²) in [5.41, 5.74) is 15.9. The Kier molecular flexibility index (Phi) is 5.44. The van der Waals surface area contributed by atoms with Crippen LogP contribution in [0.1, 0.15) is 42.9 Å². The Hall–Kier alpha value is -5.14. The van der Waals surface area contributed by atoms with E-state index in [4.69, 9.17) is 0 Å². The van der Waals surface area contributed by atoms with Gasteiger partial charge in [-0.3, -0.25) is 0 Å². The topological polar surface area (TPSA) is 3.24 Å². The van der Waals surface area contributed by atoms with E-state index in [1.807, 2.05) is 0 Å². The summed E-state index contributed by atoms with van der Waals surface area (Å²) in [6.45, 7) is 4.71. The Balaban J connectivity index is 1.11. The largest absolute Gasteiger partial charge is 0.313 e. The highest BCUT2D eigenvalue weighted by Gasteiger charge is 2.36. The van der Waals surface area contributed by atoms with Crippen LogP contribution in [0.3, 0.4) is 0 Å². The van der Waals surface area contributed by atoms with E-state index >= 15 is 0 Å². The number of hydrogen-bond acceptors (Lipinski definition) is 1. The Morgan fingerprint density at radius 3 is 2.20 bits per heavy atom. The van der Waals surface area contributed by atoms with Crippen LogP contribution in [0.2, 0.25) is 0 Å². The zero-order valence-electron chi connectivity index (χ0n) is 25.1. The van der Waals surface area contributed by atoms with Gasteiger partial charge in [0.2, 0.25) is 0 Å². The number of rotatable bonds is 3. The van der Waals surface area contributed by atoms with Gasteiger partial charge in [-0.05, 0) is 110 Å². The monoisotopic (exact) mass is 563 g/mol. The van der Waals surface area contributed by atoms with Gasteiger partial charge < -0.3 is 4.90 Å². The van der Waals surface area contributed by atoms with Crippen molar-refractivity contribution in [3.8, 4) is 33.4 Å². The van der Waals surface area contributed by atoms with E-state index in [0.717, 1.165) is 6.42 Å². The van der Waals surface area contributed by atoms with Crippen LogP contribution >= 0.6 is 0 Å². The average molecular weight is 564 g/mol. The van der Waals surface area contributed by atoms with Crippen molar-refractivity contribution in [2.75, 3.05) is 4.90 Å². The van der Waals surface area contributed by atoms with E-state index in [1.54, 1.807) is 0 Å². The molecule has 9 rings (SSSR count). The fraction of sp³-hybridized carbons (Fsp3) is 0.116. The molecule has 0 radical (unpaired) electrons. The van der Waals surface area contributed by atoms with Crippen LogP contribution in [-0.4, -0.2) is 0 Å². The van der Waals surface area contributed by atoms with Crippen molar-refractivity contribution in [2.45, 2.75) is 31.6 Å². The number of hydrogen-bond donors (Lipinski definition) is 0. The molecule has 1 heteroatoms. The lowest BCUT2D eigenvalue weighted by molar-refractivity contribution is 0.660. The third-order valence-electron chi connectivity index (χ3n) is 10.1. The van der Waals surface area contributed by atoms with Crippen LogP contribution in [-0.2, 0) is 5.41 Å². The van der Waals surface area contributed by atoms with Gasteiger partial charge in [-0.1, -0.05) is 117 Å². The molecule has 0 spiro atoms. The number of fused-ring (bicyclic) bond motifs is 7. The SMILES string of the molecule is CC1(C)c2ccccc2-c2ccc(-c3cccc(-c4ccc5c(c4)C4CC=CC=C4N5c4ccc5ccccc5c4)c3)cc21. The van der Waals surface area contributed by atoms with Gasteiger partial charge in [0.25, 0.3) is 0 Å². The summed E-state index contributed by atoms with van der Waals surface area (Å²) in [6.07, 6.45) is 7.85. The standard InChI is InChI=1S/C43H33N/c1-43(2)39-16-7-5-14-35(39)36-22-19-33(27-40(36)43)30-13-9-12-29(24-30)32-20-23-42-38(26-32)37-15-6-8-17-41(37)44(42)34-21-18-28-10-3-4-11-31(28)25-34/h3-14,16-27,37H,15H2,1-2H3. The van der Waals surface area contributed by atoms with Gasteiger partial charge in [-0.2, -0.15) is 0 Å². The second kappa shape index (κ2) is 9.43. The first-order valence-corrected chi connectivity index (χ1v) is 15.7. The van der Waals surface area contributed by atoms with E-state index in [-0.39, 0.29) is 5.41 Å². The molecule has 44 heavy (non-hydrogen) atoms. The van der Waals surface area contributed by atoms with Crippen LogP contribution in [0.4, 0.5) is 11.4 Å². The first kappa shape index (κ1) is 25.4. The van der Waals surface area contributed by atoms with Gasteiger partial charge in [0, 0.05) is 28.4 Å². The lowest BCUT2D eigenvalue weighted by Gasteiger charge is -2.25. The Morgan fingerprint density at radius 2 is 1.32 bits per heavy atom. The molecule has 0 N–H and O–H groups in total. The minimum absolute atomic E-state index is 0.00386. The van der Waals surface area contributed by atoms with Crippen LogP contribution in [0, 0.1) is 0 Å². The van der Waals surface area contributed by atoms with Crippen molar-refractivity contribution in [2.24, 2.45) is 0 Å². The molecule has 1 atom stereocenters. The van der Waals surface area contributed by atoms with Gasteiger partial charge in [-0.25, -0.2) is 0 Å². The van der Waals surface area contributed by atoms with E-state index in [2.05, 4.69) is 164 Å². The zero-order chi connectivity index (χ0) is 29.4. The molecule has 1 nitrogen and oxygen atoms in total. The maximum atomic E-state index is 2.47. The summed E-state index contributed by atoms with van der Waals surface area (Å²) in [4.78, 5) is 2.47. The molecule has 0 bridgehead atoms. The normalized spacial score (nSPS) is 17.2. The summed E-state index contributed by atoms with van der Waals surface area (Å²) >= 11 is 0. The number of nitrogens with zero attached hydrogens (tertiary/aromatic N) is 1. The fourth-order valence-electron chi connectivity index (χ4n) is 7.86. The summed E-state index contributed by atoms with van der Waals surface area (Å²) < 4.78 is 0. The van der Waals surface area contributed by atoms with Gasteiger partial charge >= 0.3 is 0 Å². The molecule has 0 fully saturated rings. The van der Waals surface area contributed by atoms with Crippen LogP contribution in [0.25, 0.3) is 44.2 Å². The van der Waals surface area contributed by atoms with E-state index in [9.17, 15) is 0 Å². The van der Waals surface area contributed by atoms with Crippen molar-refractivity contribution < 1.29 is 0 Å². The second-order valence-electron chi connectivity index (χ2n) is 13.0. The van der Waals surface area contributed by atoms with Crippen LogP contribution in [0.15, 0.2) is 151 Å². The quantitative estimate of drug-likeness (QED) is 0.207. The average Bonchev–Trinajstić information content (AvgIpc) is 3.53. The highest BCUT2D eigenvalue weighted by molar-refractivity contribution is 5.90. The third-order valence-corrected chi connectivity index (χ3v) is 10.1. The number of benzene rings is 6. The van der Waals surface area contributed by atoms with Crippen LogP contribution in [0.5, 0.6) is 0 Å². The Morgan fingerprint density at radius 1 is 0.591 bits per heavy atom. The molecule has 3 aliphatic rings. The van der Waals surface area contributed by atoms with Crippen molar-refractivity contribution in [1.82, 2.24) is 0 Å². The lowest BCUT2D eigenvalue weighted by Crippen LogP contribution is -2.14. The molecule has 210 valence electrons. The van der Waals surface area contributed by atoms with Crippen molar-refractivity contribution >= 4 is 22.1 Å². The molecule has 1 unspecified atom stereocenters. The number of anilines is 2. The first-order valence-electron chi connectivity index (χ1n) is 15.7. The molecule has 0 amide bonds. The van der Waals surface area contributed by atoms with Gasteiger partial charge in [-0.15, -0.1) is 0 Å². The molecule has 2 aliphatic carbocycles. The van der Waals surface area contributed by atoms with Gasteiger partial charge in [0.1, 0.15) is 0 Å². The Labute approximate surface area is 259 Å². The summed E-state index contributed by atoms with van der Waals surface area (Å²) in [5, 5.41) is 2.55. The predicted molar refractivity (Wildman–Crippen MR) is 186 cm³/mol. The Bertz CT molecular complexity index is 2190. The molecule has 0 saturated carbocycles. The minimum atomic E-state index is -0.00386. The van der Waals surface area contributed by atoms with Crippen molar-refractivity contribution in [3.63, 3.8) is 0 Å². The molecule has 1 heterocycles. The lowest BCUT2D eigenvalue weighted by atomic mass is 9.81. The molecule has 1 aliphatic heterocycles. The highest BCUT2D eigenvalue weighted by atomic mass is 15.2. The predicted octanol–water partition coefficient (Wildman–Crippen LogP) is 11.6. The van der Waals surface area contributed by atoms with Gasteiger partial charge in [0.15, 0.2) is 0 Å². The zero-order valence-corrected chi connectivity index (χ0v) is 25.1. The molecule has 6 aromatic carbocycles. The first-order chi connectivity index (χ1) is 21.6. The minimum Gasteiger partial charge on any atom is -0.313 e. The van der Waals surface area contributed by atoms with Crippen molar-refractivity contribution in [1.29, 1.82) is 0 Å². The summed E-state index contributed by atoms with van der Waals surface area (Å²) in [6, 6.07) is 47.5. The maximum absolute atomic E-state index is 2.47. The third kappa shape index (κ3) is 3.72. The molecule has 6 aromatic rings. The number of allylic oxidation sites excluding steroid dienone is 4. The van der Waals surface area contributed by atoms with Crippen LogP contribution < -0.4 is 4.90 Å². The van der Waals surface area contributed by atoms with Gasteiger partial charge in [0.05, 0.1) is 0 Å². The summed E-state index contributed by atoms with van der Waals surface area (Å²) in [5.74, 6) is 0.366. The fourth-order valence-corrected chi connectivity index (χ4v) is 7.86. The van der Waals surface area contributed by atoms with E-state index in [1.165, 1.54) is 77.9 Å². The van der Waals surface area contributed by atoms with E-state index < -0.39 is 0 Å². The second-order valence-corrected chi connectivity index (χ2v) is 13.0. The van der Waals surface area contributed by atoms with Crippen molar-refractivity contribution in [3.05, 3.63) is 168 Å². The highest BCUT2D eigenvalue weighted by Crippen LogP contribution is 2.52. The smallest absolute Gasteiger partial charge is 0.0497 e. The van der Waals surface area contributed by atoms with E-state index in [0.29, 0.717) is 5.92 Å². The molecule has 0 aromatic heterocycles. The molecule has 0 saturated heterocycles.